The third kappa shape index (κ3) is 2.67. The van der Waals surface area contributed by atoms with Crippen LogP contribution >= 0.6 is 0 Å². The summed E-state index contributed by atoms with van der Waals surface area (Å²) in [6.07, 6.45) is 0.877. The Balaban J connectivity index is 1.81. The SMILES string of the molecule is Cc1nc(-c2ccc(C(=O)N3CC[C@H](N)C3)cc2)n(C)n1. The maximum absolute atomic E-state index is 12.3. The number of hydrogen-bond acceptors (Lipinski definition) is 4. The molecule has 1 aliphatic rings. The molecule has 0 spiro atoms. The van der Waals surface area contributed by atoms with Crippen LogP contribution in [-0.2, 0) is 7.05 Å². The fraction of sp³-hybridized carbons (Fsp3) is 0.400. The molecule has 21 heavy (non-hydrogen) atoms. The Bertz CT molecular complexity index is 661. The van der Waals surface area contributed by atoms with Crippen molar-refractivity contribution in [1.29, 1.82) is 0 Å². The molecular weight excluding hydrogens is 266 g/mol. The fourth-order valence-corrected chi connectivity index (χ4v) is 2.68. The highest BCUT2D eigenvalue weighted by Crippen LogP contribution is 2.19. The van der Waals surface area contributed by atoms with E-state index in [0.717, 1.165) is 30.2 Å². The summed E-state index contributed by atoms with van der Waals surface area (Å²) >= 11 is 0. The minimum absolute atomic E-state index is 0.0450. The van der Waals surface area contributed by atoms with Crippen molar-refractivity contribution < 1.29 is 4.79 Å². The van der Waals surface area contributed by atoms with Gasteiger partial charge in [-0.3, -0.25) is 4.79 Å². The third-order valence-corrected chi connectivity index (χ3v) is 3.77. The molecule has 6 nitrogen and oxygen atoms in total. The van der Waals surface area contributed by atoms with Crippen LogP contribution in [0.25, 0.3) is 11.4 Å². The molecule has 0 aliphatic carbocycles. The zero-order valence-corrected chi connectivity index (χ0v) is 12.3. The van der Waals surface area contributed by atoms with Gasteiger partial charge in [-0.2, -0.15) is 5.10 Å². The Kier molecular flexibility index (Phi) is 3.47. The average molecular weight is 285 g/mol. The van der Waals surface area contributed by atoms with Crippen molar-refractivity contribution in [1.82, 2.24) is 19.7 Å². The second kappa shape index (κ2) is 5.29. The van der Waals surface area contributed by atoms with Crippen molar-refractivity contribution >= 4 is 5.91 Å². The van der Waals surface area contributed by atoms with Gasteiger partial charge in [0.05, 0.1) is 0 Å². The number of carbonyl (C=O) groups is 1. The number of aryl methyl sites for hydroxylation is 2. The lowest BCUT2D eigenvalue weighted by Gasteiger charge is -2.15. The largest absolute Gasteiger partial charge is 0.337 e. The van der Waals surface area contributed by atoms with E-state index < -0.39 is 0 Å². The number of nitrogens with two attached hydrogens (primary N) is 1. The summed E-state index contributed by atoms with van der Waals surface area (Å²) in [6.45, 7) is 3.24. The number of aromatic nitrogens is 3. The zero-order chi connectivity index (χ0) is 15.0. The number of hydrogen-bond donors (Lipinski definition) is 1. The quantitative estimate of drug-likeness (QED) is 0.891. The lowest BCUT2D eigenvalue weighted by Crippen LogP contribution is -2.31. The maximum Gasteiger partial charge on any atom is 0.253 e. The molecule has 2 aromatic rings. The molecule has 6 heteroatoms. The van der Waals surface area contributed by atoms with Gasteiger partial charge in [-0.25, -0.2) is 9.67 Å². The monoisotopic (exact) mass is 285 g/mol. The van der Waals surface area contributed by atoms with Crippen LogP contribution in [0.5, 0.6) is 0 Å². The molecule has 1 amide bonds. The van der Waals surface area contributed by atoms with Crippen molar-refractivity contribution in [2.75, 3.05) is 13.1 Å². The predicted molar refractivity (Wildman–Crippen MR) is 79.7 cm³/mol. The lowest BCUT2D eigenvalue weighted by molar-refractivity contribution is 0.0791. The van der Waals surface area contributed by atoms with Gasteiger partial charge in [-0.15, -0.1) is 0 Å². The summed E-state index contributed by atoms with van der Waals surface area (Å²) in [5.41, 5.74) is 7.49. The van der Waals surface area contributed by atoms with E-state index in [4.69, 9.17) is 5.73 Å². The Hall–Kier alpha value is -2.21. The van der Waals surface area contributed by atoms with E-state index >= 15 is 0 Å². The summed E-state index contributed by atoms with van der Waals surface area (Å²) in [4.78, 5) is 18.5. The highest BCUT2D eigenvalue weighted by atomic mass is 16.2. The van der Waals surface area contributed by atoms with Gasteiger partial charge in [-0.05, 0) is 25.5 Å². The number of likely N-dealkylation sites (tertiary alicyclic amines) is 1. The molecule has 0 unspecified atom stereocenters. The second-order valence-corrected chi connectivity index (χ2v) is 5.48. The minimum atomic E-state index is 0.0450. The summed E-state index contributed by atoms with van der Waals surface area (Å²) < 4.78 is 1.74. The van der Waals surface area contributed by atoms with E-state index in [1.165, 1.54) is 0 Å². The minimum Gasteiger partial charge on any atom is -0.337 e. The van der Waals surface area contributed by atoms with Crippen LogP contribution < -0.4 is 5.73 Å². The summed E-state index contributed by atoms with van der Waals surface area (Å²) in [5.74, 6) is 1.58. The van der Waals surface area contributed by atoms with Crippen LogP contribution in [0.15, 0.2) is 24.3 Å². The van der Waals surface area contributed by atoms with Crippen molar-refractivity contribution in [2.45, 2.75) is 19.4 Å². The van der Waals surface area contributed by atoms with Gasteiger partial charge in [-0.1, -0.05) is 12.1 Å². The number of benzene rings is 1. The topological polar surface area (TPSA) is 77.0 Å². The highest BCUT2D eigenvalue weighted by Gasteiger charge is 2.24. The highest BCUT2D eigenvalue weighted by molar-refractivity contribution is 5.94. The van der Waals surface area contributed by atoms with Gasteiger partial charge in [0, 0.05) is 37.3 Å². The van der Waals surface area contributed by atoms with Crippen LogP contribution in [0, 0.1) is 6.92 Å². The van der Waals surface area contributed by atoms with Gasteiger partial charge >= 0.3 is 0 Å². The summed E-state index contributed by atoms with van der Waals surface area (Å²) in [6, 6.07) is 7.60. The molecule has 1 aromatic carbocycles. The smallest absolute Gasteiger partial charge is 0.253 e. The Morgan fingerprint density at radius 3 is 2.57 bits per heavy atom. The first-order valence-corrected chi connectivity index (χ1v) is 7.07. The molecule has 0 saturated carbocycles. The van der Waals surface area contributed by atoms with Crippen LogP contribution in [-0.4, -0.2) is 44.7 Å². The van der Waals surface area contributed by atoms with Crippen LogP contribution in [0.2, 0.25) is 0 Å². The van der Waals surface area contributed by atoms with E-state index in [1.54, 1.807) is 4.68 Å². The van der Waals surface area contributed by atoms with Crippen molar-refractivity contribution in [3.63, 3.8) is 0 Å². The van der Waals surface area contributed by atoms with Crippen LogP contribution in [0.1, 0.15) is 22.6 Å². The molecule has 1 aliphatic heterocycles. The van der Waals surface area contributed by atoms with Gasteiger partial charge in [0.2, 0.25) is 0 Å². The van der Waals surface area contributed by atoms with Crippen LogP contribution in [0.3, 0.4) is 0 Å². The summed E-state index contributed by atoms with van der Waals surface area (Å²) in [5, 5.41) is 4.23. The molecule has 2 heterocycles. The van der Waals surface area contributed by atoms with Crippen molar-refractivity contribution in [3.8, 4) is 11.4 Å². The van der Waals surface area contributed by atoms with Crippen LogP contribution in [0.4, 0.5) is 0 Å². The molecule has 1 aromatic heterocycles. The lowest BCUT2D eigenvalue weighted by atomic mass is 10.1. The average Bonchev–Trinajstić information content (AvgIpc) is 3.04. The third-order valence-electron chi connectivity index (χ3n) is 3.77. The predicted octanol–water partition coefficient (Wildman–Crippen LogP) is 0.964. The molecule has 1 fully saturated rings. The van der Waals surface area contributed by atoms with E-state index in [-0.39, 0.29) is 11.9 Å². The first kappa shape index (κ1) is 13.8. The first-order chi connectivity index (χ1) is 10.0. The molecule has 3 rings (SSSR count). The molecule has 0 radical (unpaired) electrons. The molecule has 1 atom stereocenters. The van der Waals surface area contributed by atoms with Gasteiger partial charge in [0.25, 0.3) is 5.91 Å². The number of amides is 1. The van der Waals surface area contributed by atoms with E-state index in [0.29, 0.717) is 12.1 Å². The molecule has 2 N–H and O–H groups in total. The number of carbonyl (C=O) groups excluding carboxylic acids is 1. The van der Waals surface area contributed by atoms with Crippen molar-refractivity contribution in [2.24, 2.45) is 12.8 Å². The van der Waals surface area contributed by atoms with Crippen molar-refractivity contribution in [3.05, 3.63) is 35.7 Å². The standard InChI is InChI=1S/C15H19N5O/c1-10-17-14(19(2)18-10)11-3-5-12(6-4-11)15(21)20-8-7-13(16)9-20/h3-6,13H,7-9,16H2,1-2H3/t13-/m0/s1. The Morgan fingerprint density at radius 2 is 2.05 bits per heavy atom. The van der Waals surface area contributed by atoms with Gasteiger partial charge < -0.3 is 10.6 Å². The van der Waals surface area contributed by atoms with Gasteiger partial charge in [0.1, 0.15) is 5.82 Å². The molecular formula is C15H19N5O. The normalized spacial score (nSPS) is 18.2. The van der Waals surface area contributed by atoms with E-state index in [2.05, 4.69) is 10.1 Å². The Labute approximate surface area is 123 Å². The van der Waals surface area contributed by atoms with E-state index in [9.17, 15) is 4.79 Å². The fourth-order valence-electron chi connectivity index (χ4n) is 2.68. The molecule has 110 valence electrons. The zero-order valence-electron chi connectivity index (χ0n) is 12.3. The number of nitrogens with zero attached hydrogens (tertiary/aromatic N) is 4. The molecule has 0 bridgehead atoms. The Morgan fingerprint density at radius 1 is 1.33 bits per heavy atom. The first-order valence-electron chi connectivity index (χ1n) is 7.07. The van der Waals surface area contributed by atoms with E-state index in [1.807, 2.05) is 43.1 Å². The molecule has 1 saturated heterocycles. The number of rotatable bonds is 2. The summed E-state index contributed by atoms with van der Waals surface area (Å²) in [7, 11) is 1.86. The second-order valence-electron chi connectivity index (χ2n) is 5.48. The maximum atomic E-state index is 12.3. The van der Waals surface area contributed by atoms with Gasteiger partial charge in [0.15, 0.2) is 5.82 Å².